The second-order valence-corrected chi connectivity index (χ2v) is 5.70. The van der Waals surface area contributed by atoms with Crippen LogP contribution in [0.1, 0.15) is 27.7 Å². The Hall–Kier alpha value is -2.20. The minimum Gasteiger partial charge on any atom is -0.457 e. The number of ether oxygens (including phenoxy) is 6. The highest BCUT2D eigenvalue weighted by Gasteiger charge is 2.58. The zero-order chi connectivity index (χ0) is 20.0. The maximum Gasteiger partial charge on any atom is 0.303 e. The molecule has 0 aliphatic heterocycles. The molecule has 0 amide bonds. The van der Waals surface area contributed by atoms with Gasteiger partial charge < -0.3 is 28.4 Å². The minimum atomic E-state index is -1.22. The summed E-state index contributed by atoms with van der Waals surface area (Å²) in [6.45, 7) is 4.64. The Morgan fingerprint density at radius 1 is 0.462 bits per heavy atom. The van der Waals surface area contributed by atoms with Gasteiger partial charge in [0.15, 0.2) is 24.4 Å². The van der Waals surface area contributed by atoms with Crippen molar-refractivity contribution in [3.8, 4) is 0 Å². The van der Waals surface area contributed by atoms with Crippen LogP contribution in [0.25, 0.3) is 0 Å². The van der Waals surface area contributed by atoms with Gasteiger partial charge in [0.2, 0.25) is 0 Å². The molecule has 1 saturated carbocycles. The summed E-state index contributed by atoms with van der Waals surface area (Å²) in [7, 11) is 2.61. The Bertz CT molecular complexity index is 513. The van der Waals surface area contributed by atoms with Gasteiger partial charge in [0.1, 0.15) is 12.2 Å². The van der Waals surface area contributed by atoms with Crippen molar-refractivity contribution in [3.63, 3.8) is 0 Å². The second-order valence-electron chi connectivity index (χ2n) is 5.70. The van der Waals surface area contributed by atoms with Crippen molar-refractivity contribution in [1.29, 1.82) is 0 Å². The van der Waals surface area contributed by atoms with Crippen molar-refractivity contribution >= 4 is 23.9 Å². The molecular weight excluding hydrogens is 352 g/mol. The lowest BCUT2D eigenvalue weighted by atomic mass is 9.83. The van der Waals surface area contributed by atoms with Crippen molar-refractivity contribution in [1.82, 2.24) is 0 Å². The van der Waals surface area contributed by atoms with Crippen LogP contribution in [-0.2, 0) is 47.6 Å². The average molecular weight is 376 g/mol. The first kappa shape index (κ1) is 21.8. The number of methoxy groups -OCH3 is 2. The topological polar surface area (TPSA) is 124 Å². The van der Waals surface area contributed by atoms with Crippen LogP contribution < -0.4 is 0 Å². The maximum absolute atomic E-state index is 11.6. The smallest absolute Gasteiger partial charge is 0.303 e. The summed E-state index contributed by atoms with van der Waals surface area (Å²) in [6, 6.07) is 0. The molecular formula is C16H24O10. The van der Waals surface area contributed by atoms with Crippen molar-refractivity contribution in [2.24, 2.45) is 0 Å². The zero-order valence-electron chi connectivity index (χ0n) is 15.5. The van der Waals surface area contributed by atoms with Gasteiger partial charge in [-0.2, -0.15) is 0 Å². The molecule has 10 nitrogen and oxygen atoms in total. The summed E-state index contributed by atoms with van der Waals surface area (Å²) >= 11 is 0. The zero-order valence-corrected chi connectivity index (χ0v) is 15.5. The van der Waals surface area contributed by atoms with E-state index in [2.05, 4.69) is 0 Å². The molecule has 1 fully saturated rings. The normalized spacial score (nSPS) is 30.8. The fourth-order valence-electron chi connectivity index (χ4n) is 2.96. The van der Waals surface area contributed by atoms with E-state index in [1.54, 1.807) is 0 Å². The van der Waals surface area contributed by atoms with Crippen molar-refractivity contribution in [3.05, 3.63) is 0 Å². The van der Waals surface area contributed by atoms with E-state index in [1.165, 1.54) is 21.1 Å². The van der Waals surface area contributed by atoms with Crippen LogP contribution in [-0.4, -0.2) is 74.7 Å². The minimum absolute atomic E-state index is 0.645. The Labute approximate surface area is 151 Å². The summed E-state index contributed by atoms with van der Waals surface area (Å²) in [5, 5.41) is 0. The lowest BCUT2D eigenvalue weighted by Crippen LogP contribution is -2.68. The molecule has 0 heterocycles. The van der Waals surface area contributed by atoms with Gasteiger partial charge in [0.05, 0.1) is 0 Å². The summed E-state index contributed by atoms with van der Waals surface area (Å²) < 4.78 is 31.7. The third-order valence-electron chi connectivity index (χ3n) is 3.70. The molecule has 0 bridgehead atoms. The first-order valence-corrected chi connectivity index (χ1v) is 7.86. The molecule has 0 aromatic rings. The Morgan fingerprint density at radius 2 is 0.654 bits per heavy atom. The van der Waals surface area contributed by atoms with E-state index in [-0.39, 0.29) is 0 Å². The van der Waals surface area contributed by atoms with Gasteiger partial charge in [-0.25, -0.2) is 0 Å². The number of esters is 4. The highest BCUT2D eigenvalue weighted by molar-refractivity contribution is 5.69. The van der Waals surface area contributed by atoms with Crippen LogP contribution in [0.4, 0.5) is 0 Å². The predicted octanol–water partition coefficient (Wildman–Crippen LogP) is -0.243. The third kappa shape index (κ3) is 5.40. The summed E-state index contributed by atoms with van der Waals surface area (Å²) in [5.41, 5.74) is 0. The fraction of sp³-hybridized carbons (Fsp3) is 0.750. The quantitative estimate of drug-likeness (QED) is 0.453. The van der Waals surface area contributed by atoms with Crippen LogP contribution >= 0.6 is 0 Å². The largest absolute Gasteiger partial charge is 0.457 e. The number of carbonyl (C=O) groups excluding carboxylic acids is 4. The SMILES string of the molecule is COC1C(OC(C)=O)C(OC)C(OC(C)=O)C(OC(C)=O)C1OC(C)=O. The molecule has 148 valence electrons. The third-order valence-corrected chi connectivity index (χ3v) is 3.70. The highest BCUT2D eigenvalue weighted by atomic mass is 16.7. The summed E-state index contributed by atoms with van der Waals surface area (Å²) in [6.07, 6.45) is -6.74. The predicted molar refractivity (Wildman–Crippen MR) is 83.8 cm³/mol. The molecule has 0 radical (unpaired) electrons. The van der Waals surface area contributed by atoms with E-state index in [4.69, 9.17) is 28.4 Å². The first-order chi connectivity index (χ1) is 12.1. The average Bonchev–Trinajstić information content (AvgIpc) is 2.49. The van der Waals surface area contributed by atoms with Crippen LogP contribution in [0.2, 0.25) is 0 Å². The molecule has 10 heteroatoms. The molecule has 1 rings (SSSR count). The molecule has 0 spiro atoms. The molecule has 4 unspecified atom stereocenters. The Balaban J connectivity index is 3.43. The maximum atomic E-state index is 11.6. The lowest BCUT2D eigenvalue weighted by molar-refractivity contribution is -0.258. The molecule has 0 N–H and O–H groups in total. The Kier molecular flexibility index (Phi) is 7.97. The van der Waals surface area contributed by atoms with E-state index in [0.29, 0.717) is 0 Å². The van der Waals surface area contributed by atoms with Gasteiger partial charge >= 0.3 is 23.9 Å². The van der Waals surface area contributed by atoms with Crippen LogP contribution in [0.5, 0.6) is 0 Å². The molecule has 1 aliphatic carbocycles. The van der Waals surface area contributed by atoms with Crippen molar-refractivity contribution in [2.45, 2.75) is 64.3 Å². The highest BCUT2D eigenvalue weighted by Crippen LogP contribution is 2.33. The first-order valence-electron chi connectivity index (χ1n) is 7.86. The van der Waals surface area contributed by atoms with E-state index in [9.17, 15) is 19.2 Å². The van der Waals surface area contributed by atoms with Gasteiger partial charge in [-0.05, 0) is 0 Å². The number of rotatable bonds is 6. The van der Waals surface area contributed by atoms with Gasteiger partial charge in [0.25, 0.3) is 0 Å². The lowest BCUT2D eigenvalue weighted by Gasteiger charge is -2.47. The van der Waals surface area contributed by atoms with Gasteiger partial charge in [-0.15, -0.1) is 0 Å². The summed E-state index contributed by atoms with van der Waals surface area (Å²) in [5.74, 6) is -2.71. The molecule has 26 heavy (non-hydrogen) atoms. The standard InChI is InChI=1S/C16H24O10/c1-7(17)23-13-11(21-5)14(24-8(2)18)16(26-10(4)20)15(12(13)22-6)25-9(3)19/h11-16H,1-6H3. The summed E-state index contributed by atoms with van der Waals surface area (Å²) in [4.78, 5) is 46.2. The van der Waals surface area contributed by atoms with E-state index in [0.717, 1.165) is 20.8 Å². The van der Waals surface area contributed by atoms with Crippen LogP contribution in [0.15, 0.2) is 0 Å². The van der Waals surface area contributed by atoms with Crippen molar-refractivity contribution < 1.29 is 47.6 Å². The fourth-order valence-corrected chi connectivity index (χ4v) is 2.96. The number of carbonyl (C=O) groups is 4. The van der Waals surface area contributed by atoms with Crippen LogP contribution in [0, 0.1) is 0 Å². The molecule has 0 aromatic heterocycles. The monoisotopic (exact) mass is 376 g/mol. The van der Waals surface area contributed by atoms with E-state index < -0.39 is 60.5 Å². The number of hydrogen-bond donors (Lipinski definition) is 0. The van der Waals surface area contributed by atoms with E-state index >= 15 is 0 Å². The number of hydrogen-bond acceptors (Lipinski definition) is 10. The molecule has 0 aromatic carbocycles. The molecule has 0 saturated heterocycles. The molecule has 4 atom stereocenters. The van der Waals surface area contributed by atoms with Gasteiger partial charge in [0, 0.05) is 41.9 Å². The Morgan fingerprint density at radius 3 is 0.846 bits per heavy atom. The van der Waals surface area contributed by atoms with Gasteiger partial charge in [-0.3, -0.25) is 19.2 Å². The second kappa shape index (κ2) is 9.48. The van der Waals surface area contributed by atoms with E-state index in [1.807, 2.05) is 0 Å². The van der Waals surface area contributed by atoms with Crippen molar-refractivity contribution in [2.75, 3.05) is 14.2 Å². The van der Waals surface area contributed by atoms with Gasteiger partial charge in [-0.1, -0.05) is 0 Å². The molecule has 1 aliphatic rings. The van der Waals surface area contributed by atoms with Crippen LogP contribution in [0.3, 0.4) is 0 Å².